The van der Waals surface area contributed by atoms with E-state index >= 15 is 0 Å². The van der Waals surface area contributed by atoms with Crippen molar-refractivity contribution in [3.8, 4) is 0 Å². The first kappa shape index (κ1) is 13.4. The maximum atomic E-state index is 11.5. The fraction of sp³-hybridized carbons (Fsp3) is 0.462. The highest BCUT2D eigenvalue weighted by molar-refractivity contribution is 5.87. The van der Waals surface area contributed by atoms with Crippen LogP contribution in [0.2, 0.25) is 0 Å². The molecule has 0 fully saturated rings. The molecule has 0 spiro atoms. The summed E-state index contributed by atoms with van der Waals surface area (Å²) in [7, 11) is 0. The molecule has 1 aromatic heterocycles. The van der Waals surface area contributed by atoms with Gasteiger partial charge in [-0.1, -0.05) is 18.9 Å². The summed E-state index contributed by atoms with van der Waals surface area (Å²) in [4.78, 5) is 19.6. The van der Waals surface area contributed by atoms with E-state index < -0.39 is 0 Å². The number of aromatic nitrogens is 2. The summed E-state index contributed by atoms with van der Waals surface area (Å²) in [6, 6.07) is 1.75. The van der Waals surface area contributed by atoms with Crippen LogP contribution in [0.3, 0.4) is 0 Å². The average Bonchev–Trinajstić information content (AvgIpc) is 2.35. The van der Waals surface area contributed by atoms with Crippen LogP contribution >= 0.6 is 0 Å². The summed E-state index contributed by atoms with van der Waals surface area (Å²) in [5.74, 6) is 0.548. The number of rotatable bonds is 6. The van der Waals surface area contributed by atoms with E-state index in [-0.39, 0.29) is 5.91 Å². The third-order valence-electron chi connectivity index (χ3n) is 2.34. The van der Waals surface area contributed by atoms with Crippen molar-refractivity contribution in [2.24, 2.45) is 0 Å². The number of allylic oxidation sites excluding steroid dienone is 1. The van der Waals surface area contributed by atoms with Crippen molar-refractivity contribution in [3.63, 3.8) is 0 Å². The van der Waals surface area contributed by atoms with Crippen LogP contribution in [-0.4, -0.2) is 15.9 Å². The number of amides is 1. The molecule has 0 atom stereocenters. The molecular formula is C13H19N3O. The van der Waals surface area contributed by atoms with Crippen molar-refractivity contribution >= 4 is 5.91 Å². The Morgan fingerprint density at radius 2 is 2.12 bits per heavy atom. The van der Waals surface area contributed by atoms with Gasteiger partial charge in [0, 0.05) is 18.5 Å². The van der Waals surface area contributed by atoms with Crippen LogP contribution in [0.4, 0.5) is 0 Å². The van der Waals surface area contributed by atoms with Gasteiger partial charge in [-0.3, -0.25) is 4.79 Å². The highest BCUT2D eigenvalue weighted by Gasteiger charge is 1.99. The Morgan fingerprint density at radius 1 is 1.41 bits per heavy atom. The molecule has 1 N–H and O–H groups in total. The quantitative estimate of drug-likeness (QED) is 0.766. The first-order valence-electron chi connectivity index (χ1n) is 5.93. The second-order valence-electron chi connectivity index (χ2n) is 3.98. The number of hydrogen-bond acceptors (Lipinski definition) is 3. The van der Waals surface area contributed by atoms with Crippen molar-refractivity contribution < 1.29 is 4.79 Å². The highest BCUT2D eigenvalue weighted by atomic mass is 16.1. The zero-order valence-corrected chi connectivity index (χ0v) is 10.4. The van der Waals surface area contributed by atoms with Crippen LogP contribution in [-0.2, 0) is 11.3 Å². The van der Waals surface area contributed by atoms with Gasteiger partial charge >= 0.3 is 0 Å². The second kappa shape index (κ2) is 7.54. The number of carbonyl (C=O) groups is 1. The van der Waals surface area contributed by atoms with E-state index in [1.807, 2.05) is 6.92 Å². The lowest BCUT2D eigenvalue weighted by Gasteiger charge is -2.02. The fourth-order valence-electron chi connectivity index (χ4n) is 1.39. The van der Waals surface area contributed by atoms with E-state index in [0.717, 1.165) is 24.8 Å². The molecule has 0 saturated carbocycles. The minimum absolute atomic E-state index is 0.0777. The Hall–Kier alpha value is -1.71. The number of hydrogen-bond donors (Lipinski definition) is 1. The predicted molar refractivity (Wildman–Crippen MR) is 67.2 cm³/mol. The topological polar surface area (TPSA) is 54.9 Å². The van der Waals surface area contributed by atoms with Gasteiger partial charge in [-0.25, -0.2) is 9.97 Å². The van der Waals surface area contributed by atoms with Crippen molar-refractivity contribution in [3.05, 3.63) is 35.9 Å². The highest BCUT2D eigenvalue weighted by Crippen LogP contribution is 2.05. The van der Waals surface area contributed by atoms with Gasteiger partial charge in [0.1, 0.15) is 5.82 Å². The van der Waals surface area contributed by atoms with Crippen molar-refractivity contribution in [2.75, 3.05) is 0 Å². The first-order valence-corrected chi connectivity index (χ1v) is 5.93. The van der Waals surface area contributed by atoms with Crippen LogP contribution in [0.15, 0.2) is 30.1 Å². The zero-order chi connectivity index (χ0) is 12.5. The van der Waals surface area contributed by atoms with Crippen LogP contribution in [0.1, 0.15) is 38.9 Å². The molecule has 1 aromatic rings. The van der Waals surface area contributed by atoms with Crippen molar-refractivity contribution in [2.45, 2.75) is 39.7 Å². The van der Waals surface area contributed by atoms with E-state index in [1.54, 1.807) is 24.5 Å². The Bertz CT molecular complexity index is 374. The standard InChI is InChI=1S/C13H19N3O/c1-3-4-6-11(2)9-13(17)16-10-12-14-7-5-8-15-12/h5,7-9H,3-4,6,10H2,1-2H3,(H,16,17). The molecule has 1 heterocycles. The Morgan fingerprint density at radius 3 is 2.76 bits per heavy atom. The van der Waals surface area contributed by atoms with E-state index in [0.29, 0.717) is 12.4 Å². The molecule has 1 rings (SSSR count). The van der Waals surface area contributed by atoms with Crippen molar-refractivity contribution in [1.82, 2.24) is 15.3 Å². The summed E-state index contributed by atoms with van der Waals surface area (Å²) in [6.07, 6.45) is 8.22. The number of nitrogens with one attached hydrogen (secondary N) is 1. The van der Waals surface area contributed by atoms with Crippen LogP contribution in [0, 0.1) is 0 Å². The smallest absolute Gasteiger partial charge is 0.244 e. The molecule has 4 heteroatoms. The van der Waals surface area contributed by atoms with Gasteiger partial charge in [0.05, 0.1) is 6.54 Å². The third-order valence-corrected chi connectivity index (χ3v) is 2.34. The summed E-state index contributed by atoms with van der Waals surface area (Å²) in [6.45, 7) is 4.49. The lowest BCUT2D eigenvalue weighted by Crippen LogP contribution is -2.22. The maximum absolute atomic E-state index is 11.5. The molecule has 0 bridgehead atoms. The normalized spacial score (nSPS) is 11.3. The van der Waals surface area contributed by atoms with Gasteiger partial charge in [-0.05, 0) is 25.8 Å². The zero-order valence-electron chi connectivity index (χ0n) is 10.4. The van der Waals surface area contributed by atoms with Crippen LogP contribution < -0.4 is 5.32 Å². The number of nitrogens with zero attached hydrogens (tertiary/aromatic N) is 2. The molecule has 0 saturated heterocycles. The monoisotopic (exact) mass is 233 g/mol. The third kappa shape index (κ3) is 5.80. The molecule has 1 amide bonds. The molecule has 0 aliphatic carbocycles. The molecule has 4 nitrogen and oxygen atoms in total. The van der Waals surface area contributed by atoms with Gasteiger partial charge in [0.25, 0.3) is 0 Å². The van der Waals surface area contributed by atoms with Crippen molar-refractivity contribution in [1.29, 1.82) is 0 Å². The summed E-state index contributed by atoms with van der Waals surface area (Å²) >= 11 is 0. The maximum Gasteiger partial charge on any atom is 0.244 e. The van der Waals surface area contributed by atoms with E-state index in [2.05, 4.69) is 22.2 Å². The van der Waals surface area contributed by atoms with Gasteiger partial charge in [0.15, 0.2) is 0 Å². The SMILES string of the molecule is CCCCC(C)=CC(=O)NCc1ncccn1. The Kier molecular flexibility index (Phi) is 5.93. The summed E-state index contributed by atoms with van der Waals surface area (Å²) < 4.78 is 0. The average molecular weight is 233 g/mol. The molecule has 0 radical (unpaired) electrons. The largest absolute Gasteiger partial charge is 0.345 e. The minimum atomic E-state index is -0.0777. The summed E-state index contributed by atoms with van der Waals surface area (Å²) in [5, 5.41) is 2.77. The second-order valence-corrected chi connectivity index (χ2v) is 3.98. The van der Waals surface area contributed by atoms with Gasteiger partial charge in [0.2, 0.25) is 5.91 Å². The minimum Gasteiger partial charge on any atom is -0.345 e. The van der Waals surface area contributed by atoms with Gasteiger partial charge < -0.3 is 5.32 Å². The first-order chi connectivity index (χ1) is 8.22. The molecule has 17 heavy (non-hydrogen) atoms. The predicted octanol–water partition coefficient (Wildman–Crippen LogP) is 2.23. The molecule has 0 aromatic carbocycles. The van der Waals surface area contributed by atoms with E-state index in [9.17, 15) is 4.79 Å². The van der Waals surface area contributed by atoms with Gasteiger partial charge in [-0.2, -0.15) is 0 Å². The van der Waals surface area contributed by atoms with E-state index in [4.69, 9.17) is 0 Å². The molecule has 0 unspecified atom stereocenters. The van der Waals surface area contributed by atoms with E-state index in [1.165, 1.54) is 0 Å². The Labute approximate surface area is 102 Å². The lowest BCUT2D eigenvalue weighted by molar-refractivity contribution is -0.116. The fourth-order valence-corrected chi connectivity index (χ4v) is 1.39. The number of carbonyl (C=O) groups excluding carboxylic acids is 1. The Balaban J connectivity index is 2.35. The van der Waals surface area contributed by atoms with Gasteiger partial charge in [-0.15, -0.1) is 0 Å². The molecule has 0 aliphatic rings. The van der Waals surface area contributed by atoms with Crippen LogP contribution in [0.25, 0.3) is 0 Å². The molecular weight excluding hydrogens is 214 g/mol. The molecule has 92 valence electrons. The number of unbranched alkanes of at least 4 members (excludes halogenated alkanes) is 1. The van der Waals surface area contributed by atoms with Crippen LogP contribution in [0.5, 0.6) is 0 Å². The summed E-state index contributed by atoms with van der Waals surface area (Å²) in [5.41, 5.74) is 1.11. The lowest BCUT2D eigenvalue weighted by atomic mass is 10.1. The molecule has 0 aliphatic heterocycles.